The van der Waals surface area contributed by atoms with Gasteiger partial charge in [0.25, 0.3) is 0 Å². The van der Waals surface area contributed by atoms with Crippen LogP contribution in [-0.4, -0.2) is 5.71 Å². The predicted molar refractivity (Wildman–Crippen MR) is 70.4 cm³/mol. The van der Waals surface area contributed by atoms with Gasteiger partial charge in [-0.25, -0.2) is 0 Å². The summed E-state index contributed by atoms with van der Waals surface area (Å²) in [7, 11) is 0. The largest absolute Gasteiger partial charge is 0.250 e. The summed E-state index contributed by atoms with van der Waals surface area (Å²) in [6, 6.07) is 8.33. The van der Waals surface area contributed by atoms with Crippen molar-refractivity contribution in [1.82, 2.24) is 0 Å². The second-order valence-electron chi connectivity index (χ2n) is 4.64. The van der Waals surface area contributed by atoms with Crippen molar-refractivity contribution in [1.29, 1.82) is 0 Å². The fourth-order valence-electron chi connectivity index (χ4n) is 2.01. The van der Waals surface area contributed by atoms with Crippen molar-refractivity contribution in [3.8, 4) is 0 Å². The molecule has 1 aromatic rings. The summed E-state index contributed by atoms with van der Waals surface area (Å²) in [5, 5.41) is 0. The lowest BCUT2D eigenvalue weighted by molar-refractivity contribution is 0.674. The lowest BCUT2D eigenvalue weighted by Crippen LogP contribution is -2.25. The number of hydrogen-bond donors (Lipinski definition) is 0. The van der Waals surface area contributed by atoms with E-state index in [1.165, 1.54) is 15.5 Å². The minimum atomic E-state index is 0.0462. The van der Waals surface area contributed by atoms with Crippen LogP contribution < -0.4 is 0 Å². The van der Waals surface area contributed by atoms with Crippen LogP contribution in [0.1, 0.15) is 13.8 Å². The Balaban J connectivity index is 2.19. The summed E-state index contributed by atoms with van der Waals surface area (Å²) in [5.74, 6) is 0. The maximum atomic E-state index is 4.80. The molecule has 2 aliphatic rings. The van der Waals surface area contributed by atoms with Crippen LogP contribution in [0.5, 0.6) is 0 Å². The number of allylic oxidation sites excluding steroid dienone is 4. The molecule has 0 amide bonds. The first-order chi connectivity index (χ1) is 7.67. The molecule has 0 radical (unpaired) electrons. The van der Waals surface area contributed by atoms with E-state index in [1.807, 2.05) is 17.8 Å². The molecule has 0 aromatic heterocycles. The quantitative estimate of drug-likeness (QED) is 0.642. The van der Waals surface area contributed by atoms with Gasteiger partial charge in [0.1, 0.15) is 0 Å². The zero-order chi connectivity index (χ0) is 11.2. The Morgan fingerprint density at radius 3 is 2.88 bits per heavy atom. The van der Waals surface area contributed by atoms with E-state index in [1.54, 1.807) is 0 Å². The summed E-state index contributed by atoms with van der Waals surface area (Å²) < 4.78 is 0. The van der Waals surface area contributed by atoms with Gasteiger partial charge in [-0.05, 0) is 18.2 Å². The molecule has 1 heterocycles. The molecule has 80 valence electrons. The first-order valence-electron chi connectivity index (χ1n) is 5.43. The molecule has 0 unspecified atom stereocenters. The van der Waals surface area contributed by atoms with E-state index in [4.69, 9.17) is 4.99 Å². The van der Waals surface area contributed by atoms with Gasteiger partial charge < -0.3 is 0 Å². The average molecular weight is 227 g/mol. The molecule has 2 heteroatoms. The number of hydrogen-bond acceptors (Lipinski definition) is 2. The van der Waals surface area contributed by atoms with Gasteiger partial charge in [0.05, 0.1) is 11.4 Å². The normalized spacial score (nSPS) is 20.6. The second-order valence-corrected chi connectivity index (χ2v) is 5.73. The monoisotopic (exact) mass is 227 g/mol. The maximum Gasteiger partial charge on any atom is 0.0773 e. The van der Waals surface area contributed by atoms with E-state index in [2.05, 4.69) is 50.3 Å². The molecule has 0 bridgehead atoms. The molecule has 0 spiro atoms. The van der Waals surface area contributed by atoms with Crippen molar-refractivity contribution >= 4 is 23.2 Å². The van der Waals surface area contributed by atoms with E-state index in [0.717, 1.165) is 5.69 Å². The minimum Gasteiger partial charge on any atom is -0.250 e. The Morgan fingerprint density at radius 2 is 2.00 bits per heavy atom. The van der Waals surface area contributed by atoms with Crippen molar-refractivity contribution in [2.75, 3.05) is 0 Å². The van der Waals surface area contributed by atoms with Gasteiger partial charge in [0, 0.05) is 15.2 Å². The highest BCUT2D eigenvalue weighted by Gasteiger charge is 2.30. The van der Waals surface area contributed by atoms with Crippen molar-refractivity contribution in [3.05, 3.63) is 47.4 Å². The molecule has 1 aromatic carbocycles. The molecule has 0 saturated heterocycles. The van der Waals surface area contributed by atoms with Crippen molar-refractivity contribution in [2.45, 2.75) is 18.7 Å². The molecule has 1 aliphatic carbocycles. The van der Waals surface area contributed by atoms with Gasteiger partial charge in [-0.15, -0.1) is 0 Å². The molecule has 1 aliphatic heterocycles. The standard InChI is InChI=1S/C14H13NS/c1-14(2)9-5-8-12-13(14)15-10-6-3-4-7-11(10)16-12/h3-9H,1-2H3. The third-order valence-corrected chi connectivity index (χ3v) is 4.04. The third kappa shape index (κ3) is 1.45. The Labute approximate surface area is 100.0 Å². The smallest absolute Gasteiger partial charge is 0.0773 e. The van der Waals surface area contributed by atoms with E-state index < -0.39 is 0 Å². The van der Waals surface area contributed by atoms with Gasteiger partial charge in [-0.1, -0.05) is 49.9 Å². The number of thioether (sulfide) groups is 1. The van der Waals surface area contributed by atoms with Crippen molar-refractivity contribution in [3.63, 3.8) is 0 Å². The Morgan fingerprint density at radius 1 is 1.19 bits per heavy atom. The van der Waals surface area contributed by atoms with E-state index in [9.17, 15) is 0 Å². The summed E-state index contributed by atoms with van der Waals surface area (Å²) >= 11 is 1.82. The zero-order valence-corrected chi connectivity index (χ0v) is 10.2. The second kappa shape index (κ2) is 3.36. The van der Waals surface area contributed by atoms with E-state index >= 15 is 0 Å². The molecule has 0 saturated carbocycles. The van der Waals surface area contributed by atoms with Gasteiger partial charge in [0.2, 0.25) is 0 Å². The van der Waals surface area contributed by atoms with Crippen LogP contribution >= 0.6 is 11.8 Å². The highest BCUT2D eigenvalue weighted by atomic mass is 32.2. The number of nitrogens with zero attached hydrogens (tertiary/aromatic N) is 1. The van der Waals surface area contributed by atoms with Crippen molar-refractivity contribution < 1.29 is 0 Å². The highest BCUT2D eigenvalue weighted by Crippen LogP contribution is 2.45. The molecule has 0 fully saturated rings. The van der Waals surface area contributed by atoms with Crippen LogP contribution in [0.4, 0.5) is 5.69 Å². The molecule has 3 rings (SSSR count). The number of fused-ring (bicyclic) bond motifs is 2. The summed E-state index contributed by atoms with van der Waals surface area (Å²) in [6.45, 7) is 4.42. The van der Waals surface area contributed by atoms with Crippen LogP contribution in [0, 0.1) is 5.41 Å². The summed E-state index contributed by atoms with van der Waals surface area (Å²) in [4.78, 5) is 7.33. The maximum absolute atomic E-state index is 4.80. The summed E-state index contributed by atoms with van der Waals surface area (Å²) in [5.41, 5.74) is 2.34. The Hall–Kier alpha value is -1.28. The first kappa shape index (κ1) is 9.91. The third-order valence-electron chi connectivity index (χ3n) is 2.92. The van der Waals surface area contributed by atoms with Crippen LogP contribution in [0.15, 0.2) is 57.3 Å². The van der Waals surface area contributed by atoms with Gasteiger partial charge in [-0.2, -0.15) is 0 Å². The Bertz CT molecular complexity index is 535. The van der Waals surface area contributed by atoms with Crippen LogP contribution in [0.2, 0.25) is 0 Å². The summed E-state index contributed by atoms with van der Waals surface area (Å²) in [6.07, 6.45) is 6.50. The van der Waals surface area contributed by atoms with Crippen molar-refractivity contribution in [2.24, 2.45) is 10.4 Å². The van der Waals surface area contributed by atoms with E-state index in [0.29, 0.717) is 0 Å². The topological polar surface area (TPSA) is 12.4 Å². The number of benzene rings is 1. The fraction of sp³-hybridized carbons (Fsp3) is 0.214. The number of para-hydroxylation sites is 1. The van der Waals surface area contributed by atoms with Crippen LogP contribution in [0.3, 0.4) is 0 Å². The Kier molecular flexibility index (Phi) is 2.08. The average Bonchev–Trinajstić information content (AvgIpc) is 2.27. The SMILES string of the molecule is CC1(C)C=CC=C2Sc3ccccc3N=C21. The lowest BCUT2D eigenvalue weighted by atomic mass is 9.83. The molecule has 0 atom stereocenters. The van der Waals surface area contributed by atoms with Gasteiger partial charge in [-0.3, -0.25) is 4.99 Å². The molecular formula is C14H13NS. The lowest BCUT2D eigenvalue weighted by Gasteiger charge is -2.30. The molecule has 0 N–H and O–H groups in total. The van der Waals surface area contributed by atoms with Gasteiger partial charge in [0.15, 0.2) is 0 Å². The number of aliphatic imine (C=N–C) groups is 1. The molecular weight excluding hydrogens is 214 g/mol. The first-order valence-corrected chi connectivity index (χ1v) is 6.24. The molecule has 1 nitrogen and oxygen atoms in total. The van der Waals surface area contributed by atoms with Gasteiger partial charge >= 0.3 is 0 Å². The fourth-order valence-corrected chi connectivity index (χ4v) is 3.16. The highest BCUT2D eigenvalue weighted by molar-refractivity contribution is 8.04. The van der Waals surface area contributed by atoms with E-state index in [-0.39, 0.29) is 5.41 Å². The molecule has 16 heavy (non-hydrogen) atoms. The van der Waals surface area contributed by atoms with Crippen LogP contribution in [0.25, 0.3) is 0 Å². The predicted octanol–water partition coefficient (Wildman–Crippen LogP) is 4.34. The minimum absolute atomic E-state index is 0.0462. The number of rotatable bonds is 0. The zero-order valence-electron chi connectivity index (χ0n) is 9.40. The van der Waals surface area contributed by atoms with Crippen LogP contribution in [-0.2, 0) is 0 Å².